The topological polar surface area (TPSA) is 101 Å². The number of nitrogens with two attached hydrogens (primary N) is 1. The first-order valence-electron chi connectivity index (χ1n) is 10.4. The minimum atomic E-state index is 0.153. The number of piperidine rings is 1. The van der Waals surface area contributed by atoms with Crippen LogP contribution in [0.2, 0.25) is 0 Å². The lowest BCUT2D eigenvalue weighted by atomic mass is 10.1. The van der Waals surface area contributed by atoms with Gasteiger partial charge in [-0.2, -0.15) is 10.2 Å². The van der Waals surface area contributed by atoms with E-state index in [0.29, 0.717) is 5.35 Å². The molecule has 4 rings (SSSR count). The fraction of sp³-hybridized carbons (Fsp3) is 0.304. The zero-order valence-corrected chi connectivity index (χ0v) is 18.0. The van der Waals surface area contributed by atoms with Crippen molar-refractivity contribution in [2.75, 3.05) is 25.0 Å². The zero-order valence-electron chi connectivity index (χ0n) is 18.0. The van der Waals surface area contributed by atoms with E-state index in [1.54, 1.807) is 17.9 Å². The summed E-state index contributed by atoms with van der Waals surface area (Å²) in [5.74, 6) is 0.888. The number of aryl methyl sites for hydroxylation is 1. The van der Waals surface area contributed by atoms with Gasteiger partial charge in [0.05, 0.1) is 23.0 Å². The summed E-state index contributed by atoms with van der Waals surface area (Å²) >= 11 is 0. The molecule has 160 valence electrons. The van der Waals surface area contributed by atoms with Gasteiger partial charge in [0.2, 0.25) is 0 Å². The fourth-order valence-corrected chi connectivity index (χ4v) is 3.91. The van der Waals surface area contributed by atoms with Crippen LogP contribution in [0, 0.1) is 0 Å². The Morgan fingerprint density at radius 1 is 1.39 bits per heavy atom. The van der Waals surface area contributed by atoms with Gasteiger partial charge in [0.1, 0.15) is 11.5 Å². The lowest BCUT2D eigenvalue weighted by molar-refractivity contribution is 0.503. The molecule has 8 heteroatoms. The molecule has 1 aliphatic rings. The van der Waals surface area contributed by atoms with Crippen LogP contribution in [0.3, 0.4) is 0 Å². The summed E-state index contributed by atoms with van der Waals surface area (Å²) in [6, 6.07) is 4.15. The van der Waals surface area contributed by atoms with Crippen LogP contribution in [0.1, 0.15) is 24.0 Å². The third-order valence-electron chi connectivity index (χ3n) is 5.53. The standard InChI is InChI=1S/C23H28N8/c1-5-16-8-9-20(27-23(16)31-10-6-7-18(24)14-31)22-19(15(2)28-29-22)11-21(25-3)17-12-26-30(4)13-17/h5,8-9,11-13,18,28H,1-2,6-7,10,14,24H2,3-4H3/b19-11+,25-21?/t18-/m0/s1. The molecule has 8 nitrogen and oxygen atoms in total. The van der Waals surface area contributed by atoms with Gasteiger partial charge in [-0.3, -0.25) is 14.8 Å². The number of aromatic nitrogens is 5. The number of H-pyrrole nitrogens is 1. The van der Waals surface area contributed by atoms with Crippen molar-refractivity contribution in [3.8, 4) is 11.4 Å². The van der Waals surface area contributed by atoms with Crippen molar-refractivity contribution >= 4 is 30.3 Å². The SMILES string of the molecule is C=Cc1ccc(-c2n[nH]c(=C)/c2=C\C(=NC)c2cnn(C)c2)nc1N1CCC[C@H](N)C1. The Morgan fingerprint density at radius 3 is 2.90 bits per heavy atom. The Balaban J connectivity index is 1.80. The third-order valence-corrected chi connectivity index (χ3v) is 5.53. The molecule has 0 amide bonds. The lowest BCUT2D eigenvalue weighted by Gasteiger charge is -2.32. The van der Waals surface area contributed by atoms with Crippen molar-refractivity contribution in [2.24, 2.45) is 17.8 Å². The van der Waals surface area contributed by atoms with Crippen LogP contribution in [0.25, 0.3) is 30.1 Å². The number of anilines is 1. The minimum Gasteiger partial charge on any atom is -0.355 e. The first-order chi connectivity index (χ1) is 15.0. The van der Waals surface area contributed by atoms with Gasteiger partial charge in [0.15, 0.2) is 0 Å². The largest absolute Gasteiger partial charge is 0.355 e. The van der Waals surface area contributed by atoms with Crippen LogP contribution < -0.4 is 21.2 Å². The highest BCUT2D eigenvalue weighted by atomic mass is 15.2. The lowest BCUT2D eigenvalue weighted by Crippen LogP contribution is -2.43. The number of aliphatic imine (C=N–C) groups is 1. The summed E-state index contributed by atoms with van der Waals surface area (Å²) in [5.41, 5.74) is 10.4. The Morgan fingerprint density at radius 2 is 2.23 bits per heavy atom. The molecule has 3 aromatic heterocycles. The Kier molecular flexibility index (Phi) is 5.81. The average Bonchev–Trinajstić information content (AvgIpc) is 3.37. The Hall–Kier alpha value is -3.52. The molecule has 0 radical (unpaired) electrons. The van der Waals surface area contributed by atoms with Crippen LogP contribution in [-0.2, 0) is 7.05 Å². The minimum absolute atomic E-state index is 0.153. The molecule has 0 unspecified atom stereocenters. The molecule has 1 atom stereocenters. The van der Waals surface area contributed by atoms with Gasteiger partial charge in [-0.05, 0) is 31.1 Å². The van der Waals surface area contributed by atoms with Crippen molar-refractivity contribution in [1.82, 2.24) is 25.0 Å². The maximum absolute atomic E-state index is 6.21. The molecule has 3 N–H and O–H groups in total. The van der Waals surface area contributed by atoms with Crippen molar-refractivity contribution in [2.45, 2.75) is 18.9 Å². The highest BCUT2D eigenvalue weighted by Crippen LogP contribution is 2.25. The second-order valence-electron chi connectivity index (χ2n) is 7.78. The summed E-state index contributed by atoms with van der Waals surface area (Å²) < 4.78 is 1.75. The number of aromatic amines is 1. The fourth-order valence-electron chi connectivity index (χ4n) is 3.91. The molecular formula is C23H28N8. The Labute approximate surface area is 181 Å². The monoisotopic (exact) mass is 416 g/mol. The molecule has 1 fully saturated rings. The molecule has 3 aromatic rings. The van der Waals surface area contributed by atoms with Crippen LogP contribution in [0.5, 0.6) is 0 Å². The van der Waals surface area contributed by atoms with Gasteiger partial charge in [0, 0.05) is 55.8 Å². The maximum atomic E-state index is 6.21. The normalized spacial score (nSPS) is 17.9. The maximum Gasteiger partial charge on any atom is 0.136 e. The molecule has 31 heavy (non-hydrogen) atoms. The number of nitrogens with one attached hydrogen (secondary N) is 1. The van der Waals surface area contributed by atoms with Crippen molar-refractivity contribution in [3.63, 3.8) is 0 Å². The van der Waals surface area contributed by atoms with Crippen LogP contribution in [0.15, 0.2) is 36.1 Å². The molecule has 0 saturated carbocycles. The number of nitrogens with zero attached hydrogens (tertiary/aromatic N) is 6. The van der Waals surface area contributed by atoms with Gasteiger partial charge >= 0.3 is 0 Å². The predicted octanol–water partition coefficient (Wildman–Crippen LogP) is 1.09. The molecule has 0 aromatic carbocycles. The van der Waals surface area contributed by atoms with Gasteiger partial charge in [-0.15, -0.1) is 0 Å². The molecular weight excluding hydrogens is 388 g/mol. The van der Waals surface area contributed by atoms with Crippen molar-refractivity contribution in [1.29, 1.82) is 0 Å². The first-order valence-corrected chi connectivity index (χ1v) is 10.4. The van der Waals surface area contributed by atoms with E-state index in [-0.39, 0.29) is 6.04 Å². The van der Waals surface area contributed by atoms with Gasteiger partial charge < -0.3 is 10.6 Å². The van der Waals surface area contributed by atoms with Crippen LogP contribution >= 0.6 is 0 Å². The highest BCUT2D eigenvalue weighted by molar-refractivity contribution is 6.20. The zero-order chi connectivity index (χ0) is 22.0. The van der Waals surface area contributed by atoms with E-state index in [9.17, 15) is 0 Å². The number of hydrogen-bond donors (Lipinski definition) is 2. The summed E-state index contributed by atoms with van der Waals surface area (Å²) in [6.45, 7) is 9.78. The van der Waals surface area contributed by atoms with E-state index < -0.39 is 0 Å². The molecule has 4 heterocycles. The summed E-state index contributed by atoms with van der Waals surface area (Å²) in [5, 5.41) is 13.3. The third kappa shape index (κ3) is 4.20. The molecule has 0 aliphatic carbocycles. The predicted molar refractivity (Wildman–Crippen MR) is 126 cm³/mol. The summed E-state index contributed by atoms with van der Waals surface area (Å²) in [4.78, 5) is 11.6. The van der Waals surface area contributed by atoms with Gasteiger partial charge in [-0.1, -0.05) is 19.2 Å². The first kappa shape index (κ1) is 20.7. The summed E-state index contributed by atoms with van der Waals surface area (Å²) in [6.07, 6.45) is 9.61. The Bertz CT molecular complexity index is 1230. The van der Waals surface area contributed by atoms with E-state index in [1.165, 1.54) is 0 Å². The van der Waals surface area contributed by atoms with E-state index in [2.05, 4.69) is 38.3 Å². The van der Waals surface area contributed by atoms with Crippen LogP contribution in [0.4, 0.5) is 5.82 Å². The molecule has 0 spiro atoms. The van der Waals surface area contributed by atoms with E-state index >= 15 is 0 Å². The highest BCUT2D eigenvalue weighted by Gasteiger charge is 2.21. The smallest absolute Gasteiger partial charge is 0.136 e. The number of pyridine rings is 1. The molecule has 0 bridgehead atoms. The molecule has 1 aliphatic heterocycles. The molecule has 1 saturated heterocycles. The van der Waals surface area contributed by atoms with E-state index in [4.69, 9.17) is 10.7 Å². The van der Waals surface area contributed by atoms with E-state index in [0.717, 1.165) is 65.2 Å². The van der Waals surface area contributed by atoms with Crippen LogP contribution in [-0.4, -0.2) is 56.9 Å². The number of hydrogen-bond acceptors (Lipinski definition) is 6. The second kappa shape index (κ2) is 8.69. The van der Waals surface area contributed by atoms with Crippen molar-refractivity contribution < 1.29 is 0 Å². The van der Waals surface area contributed by atoms with Gasteiger partial charge in [0.25, 0.3) is 0 Å². The van der Waals surface area contributed by atoms with E-state index in [1.807, 2.05) is 37.5 Å². The second-order valence-corrected chi connectivity index (χ2v) is 7.78. The van der Waals surface area contributed by atoms with Gasteiger partial charge in [-0.25, -0.2) is 4.98 Å². The van der Waals surface area contributed by atoms with Crippen molar-refractivity contribution in [3.05, 3.63) is 52.8 Å². The quantitative estimate of drug-likeness (QED) is 0.606. The summed E-state index contributed by atoms with van der Waals surface area (Å²) in [7, 11) is 3.64. The number of rotatable bonds is 5. The average molecular weight is 417 g/mol.